The van der Waals surface area contributed by atoms with Crippen LogP contribution in [0.3, 0.4) is 0 Å². The van der Waals surface area contributed by atoms with Crippen molar-refractivity contribution in [2.75, 3.05) is 0 Å². The molecule has 0 saturated carbocycles. The number of nitrogens with zero attached hydrogens (tertiary/aromatic N) is 4. The summed E-state index contributed by atoms with van der Waals surface area (Å²) in [7, 11) is 0. The van der Waals surface area contributed by atoms with E-state index in [1.165, 1.54) is 0 Å². The van der Waals surface area contributed by atoms with Crippen molar-refractivity contribution in [3.8, 4) is 28.8 Å². The summed E-state index contributed by atoms with van der Waals surface area (Å²) in [5.41, 5.74) is 4.23. The van der Waals surface area contributed by atoms with Crippen molar-refractivity contribution < 1.29 is 4.74 Å². The van der Waals surface area contributed by atoms with Gasteiger partial charge in [0.25, 0.3) is 5.56 Å². The van der Waals surface area contributed by atoms with Gasteiger partial charge in [-0.15, -0.1) is 0 Å². The molecule has 0 bridgehead atoms. The van der Waals surface area contributed by atoms with Crippen LogP contribution in [-0.4, -0.2) is 19.7 Å². The number of nitrogens with one attached hydrogen (secondary N) is 1. The highest BCUT2D eigenvalue weighted by molar-refractivity contribution is 6.31. The Morgan fingerprint density at radius 1 is 0.976 bits per heavy atom. The molecule has 8 heteroatoms. The van der Waals surface area contributed by atoms with Crippen molar-refractivity contribution in [1.82, 2.24) is 19.7 Å². The third-order valence-electron chi connectivity index (χ3n) is 6.51. The molecule has 0 radical (unpaired) electrons. The fourth-order valence-electron chi connectivity index (χ4n) is 4.46. The molecule has 198 valence electrons. The van der Waals surface area contributed by atoms with E-state index in [1.807, 2.05) is 85.1 Å². The molecule has 0 atom stereocenters. The molecular weight excluding hydrogens is 534 g/mol. The van der Waals surface area contributed by atoms with Gasteiger partial charge < -0.3 is 9.72 Å². The fraction of sp³-hybridized carbons (Fsp3) is 0.0303. The second kappa shape index (κ2) is 11.3. The van der Waals surface area contributed by atoms with Gasteiger partial charge in [-0.2, -0.15) is 10.4 Å². The maximum atomic E-state index is 12.7. The van der Waals surface area contributed by atoms with Gasteiger partial charge in [0, 0.05) is 27.9 Å². The Kier molecular flexibility index (Phi) is 7.14. The lowest BCUT2D eigenvalue weighted by molar-refractivity contribution is 0.306. The van der Waals surface area contributed by atoms with Crippen molar-refractivity contribution in [3.63, 3.8) is 0 Å². The van der Waals surface area contributed by atoms with Gasteiger partial charge in [0.2, 0.25) is 0 Å². The lowest BCUT2D eigenvalue weighted by atomic mass is 10.1. The van der Waals surface area contributed by atoms with Crippen LogP contribution in [0.2, 0.25) is 5.02 Å². The fourth-order valence-corrected chi connectivity index (χ4v) is 4.65. The van der Waals surface area contributed by atoms with Gasteiger partial charge in [0.15, 0.2) is 5.82 Å². The Hall–Kier alpha value is -5.45. The molecule has 6 aromatic rings. The van der Waals surface area contributed by atoms with E-state index in [2.05, 4.69) is 16.0 Å². The van der Waals surface area contributed by atoms with Gasteiger partial charge in [-0.05, 0) is 48.5 Å². The number of H-pyrrole nitrogens is 1. The third-order valence-corrected chi connectivity index (χ3v) is 6.88. The zero-order chi connectivity index (χ0) is 28.2. The molecule has 1 N–H and O–H groups in total. The monoisotopic (exact) mass is 555 g/mol. The number of benzene rings is 4. The Labute approximate surface area is 240 Å². The number of hydrogen-bond donors (Lipinski definition) is 1. The molecule has 0 unspecified atom stereocenters. The quantitative estimate of drug-likeness (QED) is 0.212. The first kappa shape index (κ1) is 25.8. The normalized spacial score (nSPS) is 11.4. The van der Waals surface area contributed by atoms with Gasteiger partial charge >= 0.3 is 0 Å². The SMILES string of the molecule is N#C/C(=C\c1cn(-c2ccccc2)nc1-c1cccc(OCc2ccccc2Cl)c1)c1nc2ccccc2c(=O)[nH]1. The van der Waals surface area contributed by atoms with Crippen molar-refractivity contribution in [1.29, 1.82) is 5.26 Å². The molecule has 0 spiro atoms. The minimum Gasteiger partial charge on any atom is -0.489 e. The number of aromatic amines is 1. The van der Waals surface area contributed by atoms with Gasteiger partial charge in [-0.3, -0.25) is 4.79 Å². The largest absolute Gasteiger partial charge is 0.489 e. The van der Waals surface area contributed by atoms with Gasteiger partial charge in [-0.1, -0.05) is 72.3 Å². The van der Waals surface area contributed by atoms with E-state index in [9.17, 15) is 10.1 Å². The zero-order valence-electron chi connectivity index (χ0n) is 21.7. The number of aromatic nitrogens is 4. The predicted octanol–water partition coefficient (Wildman–Crippen LogP) is 7.07. The first-order chi connectivity index (χ1) is 20.1. The number of ether oxygens (including phenoxy) is 1. The molecular formula is C33H22ClN5O2. The molecule has 6 rings (SSSR count). The van der Waals surface area contributed by atoms with Crippen molar-refractivity contribution in [2.45, 2.75) is 6.61 Å². The van der Waals surface area contributed by atoms with Crippen LogP contribution in [0, 0.1) is 11.3 Å². The van der Waals surface area contributed by atoms with Crippen LogP contribution < -0.4 is 10.3 Å². The number of allylic oxidation sites excluding steroid dienone is 1. The molecule has 4 aromatic carbocycles. The molecule has 0 aliphatic heterocycles. The maximum absolute atomic E-state index is 12.7. The van der Waals surface area contributed by atoms with E-state index >= 15 is 0 Å². The summed E-state index contributed by atoms with van der Waals surface area (Å²) >= 11 is 6.30. The number of halogens is 1. The van der Waals surface area contributed by atoms with Gasteiger partial charge in [0.05, 0.1) is 22.2 Å². The summed E-state index contributed by atoms with van der Waals surface area (Å²) in [4.78, 5) is 20.0. The number of para-hydroxylation sites is 2. The predicted molar refractivity (Wildman–Crippen MR) is 161 cm³/mol. The van der Waals surface area contributed by atoms with Crippen LogP contribution >= 0.6 is 11.6 Å². The van der Waals surface area contributed by atoms with Crippen LogP contribution in [-0.2, 0) is 6.61 Å². The molecule has 0 amide bonds. The number of hydrogen-bond acceptors (Lipinski definition) is 5. The zero-order valence-corrected chi connectivity index (χ0v) is 22.4. The highest BCUT2D eigenvalue weighted by atomic mass is 35.5. The Morgan fingerprint density at radius 3 is 2.59 bits per heavy atom. The van der Waals surface area contributed by atoms with E-state index in [-0.39, 0.29) is 17.0 Å². The summed E-state index contributed by atoms with van der Waals surface area (Å²) in [5, 5.41) is 16.1. The maximum Gasteiger partial charge on any atom is 0.259 e. The first-order valence-corrected chi connectivity index (χ1v) is 13.2. The van der Waals surface area contributed by atoms with Crippen LogP contribution in [0.25, 0.3) is 39.5 Å². The smallest absolute Gasteiger partial charge is 0.259 e. The van der Waals surface area contributed by atoms with Crippen LogP contribution in [0.15, 0.2) is 114 Å². The second-order valence-corrected chi connectivity index (χ2v) is 9.63. The second-order valence-electron chi connectivity index (χ2n) is 9.22. The van der Waals surface area contributed by atoms with E-state index in [1.54, 1.807) is 35.0 Å². The Morgan fingerprint density at radius 2 is 1.76 bits per heavy atom. The standard InChI is InChI=1S/C33H22ClN5O2/c34-29-15-6-4-9-23(29)21-41-27-13-8-10-22(18-27)31-25(20-39(38-31)26-11-2-1-3-12-26)17-24(19-35)32-36-30-16-7-5-14-28(30)33(40)37-32/h1-18,20H,21H2,(H,36,37,40)/b24-17+. The molecule has 7 nitrogen and oxygen atoms in total. The summed E-state index contributed by atoms with van der Waals surface area (Å²) < 4.78 is 7.81. The van der Waals surface area contributed by atoms with Crippen molar-refractivity contribution in [3.05, 3.63) is 142 Å². The lowest BCUT2D eigenvalue weighted by Crippen LogP contribution is -2.11. The number of nitriles is 1. The molecule has 0 aliphatic rings. The summed E-state index contributed by atoms with van der Waals surface area (Å²) in [6.45, 7) is 0.313. The minimum absolute atomic E-state index is 0.187. The third kappa shape index (κ3) is 5.50. The number of rotatable bonds is 7. The Balaban J connectivity index is 1.42. The molecule has 0 saturated heterocycles. The average Bonchev–Trinajstić information content (AvgIpc) is 3.44. The molecule has 41 heavy (non-hydrogen) atoms. The molecule has 2 heterocycles. The lowest BCUT2D eigenvalue weighted by Gasteiger charge is -2.09. The minimum atomic E-state index is -0.310. The highest BCUT2D eigenvalue weighted by Crippen LogP contribution is 2.30. The topological polar surface area (TPSA) is 96.6 Å². The average molecular weight is 556 g/mol. The summed E-state index contributed by atoms with van der Waals surface area (Å²) in [5.74, 6) is 0.832. The molecule has 0 fully saturated rings. The van der Waals surface area contributed by atoms with E-state index < -0.39 is 0 Å². The molecule has 2 aromatic heterocycles. The van der Waals surface area contributed by atoms with Crippen molar-refractivity contribution in [2.24, 2.45) is 0 Å². The molecule has 0 aliphatic carbocycles. The first-order valence-electron chi connectivity index (χ1n) is 12.8. The Bertz CT molecular complexity index is 2000. The summed E-state index contributed by atoms with van der Waals surface area (Å²) in [6.07, 6.45) is 3.53. The van der Waals surface area contributed by atoms with Gasteiger partial charge in [-0.25, -0.2) is 9.67 Å². The van der Waals surface area contributed by atoms with Crippen molar-refractivity contribution >= 4 is 34.2 Å². The van der Waals surface area contributed by atoms with Crippen LogP contribution in [0.1, 0.15) is 17.0 Å². The number of fused-ring (bicyclic) bond motifs is 1. The highest BCUT2D eigenvalue weighted by Gasteiger charge is 2.15. The summed E-state index contributed by atoms with van der Waals surface area (Å²) in [6, 6.07) is 34.0. The van der Waals surface area contributed by atoms with E-state index in [4.69, 9.17) is 21.4 Å². The van der Waals surface area contributed by atoms with Gasteiger partial charge in [0.1, 0.15) is 24.1 Å². The van der Waals surface area contributed by atoms with Crippen LogP contribution in [0.5, 0.6) is 5.75 Å². The van der Waals surface area contributed by atoms with Crippen LogP contribution in [0.4, 0.5) is 0 Å². The van der Waals surface area contributed by atoms with E-state index in [0.29, 0.717) is 39.5 Å². The van der Waals surface area contributed by atoms with E-state index in [0.717, 1.165) is 16.8 Å².